The maximum absolute atomic E-state index is 11.6. The summed E-state index contributed by atoms with van der Waals surface area (Å²) in [6.07, 6.45) is -46.3. The van der Waals surface area contributed by atoms with Crippen molar-refractivity contribution >= 4 is 0 Å². The molecule has 16 N–H and O–H groups in total. The average Bonchev–Trinajstić information content (AvgIpc) is 3.27. The molecule has 7 aliphatic rings. The molecule has 0 aromatic heterocycles. The molecule has 7 heterocycles. The third kappa shape index (κ3) is 10.8. The molecule has 7 aliphatic heterocycles. The molecule has 372 valence electrons. The Balaban J connectivity index is 0.946. The lowest BCUT2D eigenvalue weighted by Crippen LogP contribution is -2.64. The van der Waals surface area contributed by atoms with E-state index in [-0.39, 0.29) is 0 Å². The predicted octanol–water partition coefficient (Wildman–Crippen LogP) is -11.8. The van der Waals surface area contributed by atoms with E-state index in [0.717, 1.165) is 0 Å². The molecule has 7 fully saturated rings. The van der Waals surface area contributed by atoms with E-state index in [1.807, 2.05) is 0 Å². The first-order valence-corrected chi connectivity index (χ1v) is 20.5. The molecule has 0 aromatic carbocycles. The highest BCUT2D eigenvalue weighted by molar-refractivity contribution is 4.95. The number of ether oxygens (including phenoxy) is 13. The van der Waals surface area contributed by atoms with Gasteiger partial charge < -0.3 is 143 Å². The van der Waals surface area contributed by atoms with Crippen molar-refractivity contribution in [2.24, 2.45) is 0 Å². The largest absolute Gasteiger partial charge is 0.388 e. The Hall–Kier alpha value is -1.16. The highest BCUT2D eigenvalue weighted by Crippen LogP contribution is 2.33. The second-order valence-electron chi connectivity index (χ2n) is 16.4. The SMILES string of the molecule is O[C@@H]1[C@@H](O)[C@H](O[C@@H]2CO[C@@H](O[C@@H]3CO[C@@H](O[C@@H]4CO[C@@H](O[C@@H]5CO[C@@H](O[C@@H]6CO[C@@H](O)[C@H](O)[C@H]6O)[C@H](O)[C@H]5O)[C@H](O)[C@H]4O)[C@H](O)[C@H]3O[C@@H]3OC[C@H](O)[C@H](O)[C@H]3O)[C@H](O)[C@H]2O)OC[C@H]1O. The lowest BCUT2D eigenvalue weighted by atomic mass is 10.0. The van der Waals surface area contributed by atoms with Gasteiger partial charge in [-0.25, -0.2) is 0 Å². The molecule has 29 nitrogen and oxygen atoms in total. The molecule has 28 atom stereocenters. The molecule has 0 unspecified atom stereocenters. The van der Waals surface area contributed by atoms with E-state index in [9.17, 15) is 81.7 Å². The van der Waals surface area contributed by atoms with Crippen LogP contribution in [0.15, 0.2) is 0 Å². The highest BCUT2D eigenvalue weighted by atomic mass is 16.8. The molecule has 29 heteroatoms. The second kappa shape index (κ2) is 21.6. The zero-order chi connectivity index (χ0) is 46.3. The molecule has 0 aromatic rings. The zero-order valence-electron chi connectivity index (χ0n) is 33.6. The predicted molar refractivity (Wildman–Crippen MR) is 190 cm³/mol. The third-order valence-electron chi connectivity index (χ3n) is 11.9. The number of rotatable bonds is 12. The molecule has 0 bridgehead atoms. The number of hydrogen-bond donors (Lipinski definition) is 16. The highest BCUT2D eigenvalue weighted by Gasteiger charge is 2.53. The molecule has 0 saturated carbocycles. The van der Waals surface area contributed by atoms with Crippen LogP contribution in [-0.2, 0) is 61.6 Å². The molecule has 0 aliphatic carbocycles. The van der Waals surface area contributed by atoms with Crippen molar-refractivity contribution in [3.8, 4) is 0 Å². The fraction of sp³-hybridized carbons (Fsp3) is 1.00. The fourth-order valence-corrected chi connectivity index (χ4v) is 7.90. The first-order valence-electron chi connectivity index (χ1n) is 20.5. The van der Waals surface area contributed by atoms with E-state index in [2.05, 4.69) is 0 Å². The van der Waals surface area contributed by atoms with Crippen molar-refractivity contribution in [3.05, 3.63) is 0 Å². The summed E-state index contributed by atoms with van der Waals surface area (Å²) >= 11 is 0. The Labute approximate surface area is 361 Å². The Morgan fingerprint density at radius 2 is 0.500 bits per heavy atom. The Morgan fingerprint density at radius 3 is 0.891 bits per heavy atom. The minimum Gasteiger partial charge on any atom is -0.388 e. The van der Waals surface area contributed by atoms with Gasteiger partial charge in [-0.05, 0) is 0 Å². The standard InChI is InChI=1S/C35H58O29/c36-8-1-53-30(22(45)15(8)38)60-11-5-57-33(26(49)19(11)42)63-14-7-58-35(27(50)28(14)64-34-23(46)16(39)9(37)2-54-34)62-13-6-56-32(25(48)20(13)43)61-12-4-55-31(24(47)18(12)41)59-10-3-52-29(51)21(44)17(10)40/h8-51H,1-7H2/t8-,9+,10-,11-,12-,13-,14-,15+,16+,17+,18+,19+,20+,21-,22-,23-,24-,25-,26-,27-,28+,29-,30+,31+,32+,33+,34+,35+/m1/s1. The monoisotopic (exact) mass is 942 g/mol. The van der Waals surface area contributed by atoms with Gasteiger partial charge in [-0.1, -0.05) is 0 Å². The van der Waals surface area contributed by atoms with Gasteiger partial charge in [0.1, 0.15) is 128 Å². The molecule has 0 amide bonds. The van der Waals surface area contributed by atoms with Gasteiger partial charge in [-0.3, -0.25) is 0 Å². The van der Waals surface area contributed by atoms with Gasteiger partial charge in [0.25, 0.3) is 0 Å². The Kier molecular flexibility index (Phi) is 17.1. The van der Waals surface area contributed by atoms with Crippen molar-refractivity contribution in [2.45, 2.75) is 172 Å². The van der Waals surface area contributed by atoms with Crippen LogP contribution in [0.1, 0.15) is 0 Å². The van der Waals surface area contributed by atoms with Crippen LogP contribution in [0.4, 0.5) is 0 Å². The van der Waals surface area contributed by atoms with Gasteiger partial charge in [-0.2, -0.15) is 0 Å². The maximum atomic E-state index is 11.6. The molecule has 7 saturated heterocycles. The molecular formula is C35H58O29. The van der Waals surface area contributed by atoms with Crippen molar-refractivity contribution in [3.63, 3.8) is 0 Å². The molecule has 7 rings (SSSR count). The lowest BCUT2D eigenvalue weighted by Gasteiger charge is -2.47. The van der Waals surface area contributed by atoms with Crippen molar-refractivity contribution < 1.29 is 143 Å². The first-order chi connectivity index (χ1) is 30.4. The van der Waals surface area contributed by atoms with Crippen molar-refractivity contribution in [1.82, 2.24) is 0 Å². The van der Waals surface area contributed by atoms with Crippen LogP contribution < -0.4 is 0 Å². The van der Waals surface area contributed by atoms with Crippen molar-refractivity contribution in [2.75, 3.05) is 46.2 Å². The van der Waals surface area contributed by atoms with Gasteiger partial charge in [-0.15, -0.1) is 0 Å². The molecule has 0 spiro atoms. The van der Waals surface area contributed by atoms with E-state index in [1.54, 1.807) is 0 Å². The van der Waals surface area contributed by atoms with Gasteiger partial charge in [0, 0.05) is 0 Å². The summed E-state index contributed by atoms with van der Waals surface area (Å²) in [7, 11) is 0. The lowest BCUT2D eigenvalue weighted by molar-refractivity contribution is -0.379. The van der Waals surface area contributed by atoms with E-state index >= 15 is 0 Å². The molecule has 64 heavy (non-hydrogen) atoms. The first kappa shape index (κ1) is 50.7. The molecule has 0 radical (unpaired) electrons. The van der Waals surface area contributed by atoms with Crippen LogP contribution >= 0.6 is 0 Å². The van der Waals surface area contributed by atoms with Crippen LogP contribution in [0, 0.1) is 0 Å². The van der Waals surface area contributed by atoms with E-state index in [4.69, 9.17) is 61.6 Å². The van der Waals surface area contributed by atoms with Gasteiger partial charge in [0.2, 0.25) is 0 Å². The van der Waals surface area contributed by atoms with E-state index in [0.29, 0.717) is 0 Å². The topological polar surface area (TPSA) is 444 Å². The van der Waals surface area contributed by atoms with Crippen LogP contribution in [0.5, 0.6) is 0 Å². The van der Waals surface area contributed by atoms with Crippen LogP contribution in [0.2, 0.25) is 0 Å². The van der Waals surface area contributed by atoms with Crippen LogP contribution in [-0.4, -0.2) is 300 Å². The average molecular weight is 943 g/mol. The fourth-order valence-electron chi connectivity index (χ4n) is 7.90. The summed E-state index contributed by atoms with van der Waals surface area (Å²) in [6.45, 7) is -3.40. The summed E-state index contributed by atoms with van der Waals surface area (Å²) in [4.78, 5) is 0. The minimum atomic E-state index is -1.94. The summed E-state index contributed by atoms with van der Waals surface area (Å²) in [5.41, 5.74) is 0. The second-order valence-corrected chi connectivity index (χ2v) is 16.4. The van der Waals surface area contributed by atoms with Crippen molar-refractivity contribution in [1.29, 1.82) is 0 Å². The summed E-state index contributed by atoms with van der Waals surface area (Å²) in [5.74, 6) is 0. The molecular weight excluding hydrogens is 884 g/mol. The smallest absolute Gasteiger partial charge is 0.186 e. The van der Waals surface area contributed by atoms with Gasteiger partial charge in [0.05, 0.1) is 46.2 Å². The Morgan fingerprint density at radius 1 is 0.234 bits per heavy atom. The number of aliphatic hydroxyl groups excluding tert-OH is 16. The zero-order valence-corrected chi connectivity index (χ0v) is 33.6. The van der Waals surface area contributed by atoms with Crippen LogP contribution in [0.25, 0.3) is 0 Å². The van der Waals surface area contributed by atoms with E-state index in [1.165, 1.54) is 0 Å². The quantitative estimate of drug-likeness (QED) is 0.0864. The Bertz CT molecular complexity index is 1460. The van der Waals surface area contributed by atoms with E-state index < -0.39 is 218 Å². The maximum Gasteiger partial charge on any atom is 0.186 e. The number of hydrogen-bond acceptors (Lipinski definition) is 29. The summed E-state index contributed by atoms with van der Waals surface area (Å²) in [5, 5.41) is 167. The third-order valence-corrected chi connectivity index (χ3v) is 11.9. The normalized spacial score (nSPS) is 54.4. The minimum absolute atomic E-state index is 0.391. The van der Waals surface area contributed by atoms with Crippen LogP contribution in [0.3, 0.4) is 0 Å². The number of aliphatic hydroxyl groups is 16. The summed E-state index contributed by atoms with van der Waals surface area (Å²) < 4.78 is 71.8. The van der Waals surface area contributed by atoms with Gasteiger partial charge in [0.15, 0.2) is 44.0 Å². The van der Waals surface area contributed by atoms with Gasteiger partial charge >= 0.3 is 0 Å². The summed E-state index contributed by atoms with van der Waals surface area (Å²) in [6, 6.07) is 0.